The molecule has 1 fully saturated rings. The van der Waals surface area contributed by atoms with Crippen LogP contribution in [0.4, 0.5) is 0 Å². The summed E-state index contributed by atoms with van der Waals surface area (Å²) in [4.78, 5) is 4.00. The summed E-state index contributed by atoms with van der Waals surface area (Å²) in [5.41, 5.74) is 0. The summed E-state index contributed by atoms with van der Waals surface area (Å²) in [6.07, 6.45) is 3.95. The monoisotopic (exact) mass is 459 g/mol. The van der Waals surface area contributed by atoms with Gasteiger partial charge in [0.05, 0.1) is 7.11 Å². The van der Waals surface area contributed by atoms with E-state index in [1.807, 2.05) is 0 Å². The lowest BCUT2D eigenvalue weighted by Gasteiger charge is -2.31. The average Bonchev–Trinajstić information content (AvgIpc) is 2.73. The third-order valence-corrected chi connectivity index (χ3v) is 8.38. The van der Waals surface area contributed by atoms with Gasteiger partial charge in [0.2, 0.25) is 20.0 Å². The molecule has 0 aliphatic carbocycles. The predicted molar refractivity (Wildman–Crippen MR) is 109 cm³/mol. The maximum atomic E-state index is 12.7. The van der Waals surface area contributed by atoms with Gasteiger partial charge in [-0.25, -0.2) is 21.6 Å². The fourth-order valence-corrected chi connectivity index (χ4v) is 6.15. The first-order chi connectivity index (χ1) is 13.7. The second kappa shape index (κ2) is 8.97. The number of halogens is 1. The molecule has 8 nitrogen and oxygen atoms in total. The molecule has 1 aromatic heterocycles. The number of rotatable bonds is 7. The minimum atomic E-state index is -3.81. The van der Waals surface area contributed by atoms with E-state index in [2.05, 4.69) is 9.71 Å². The number of sulfonamides is 2. The minimum Gasteiger partial charge on any atom is -0.495 e. The molecule has 0 saturated carbocycles. The van der Waals surface area contributed by atoms with Crippen LogP contribution < -0.4 is 9.46 Å². The zero-order chi connectivity index (χ0) is 21.1. The molecular weight excluding hydrogens is 438 g/mol. The van der Waals surface area contributed by atoms with Gasteiger partial charge in [-0.1, -0.05) is 11.6 Å². The van der Waals surface area contributed by atoms with E-state index in [0.29, 0.717) is 31.0 Å². The number of aromatic nitrogens is 1. The molecule has 11 heteroatoms. The smallest absolute Gasteiger partial charge is 0.244 e. The van der Waals surface area contributed by atoms with Crippen LogP contribution in [-0.2, 0) is 20.0 Å². The largest absolute Gasteiger partial charge is 0.495 e. The average molecular weight is 460 g/mol. The number of pyridine rings is 1. The van der Waals surface area contributed by atoms with Gasteiger partial charge >= 0.3 is 0 Å². The highest BCUT2D eigenvalue weighted by Gasteiger charge is 2.30. The molecule has 1 aliphatic rings. The van der Waals surface area contributed by atoms with Crippen LogP contribution in [0, 0.1) is 5.92 Å². The van der Waals surface area contributed by atoms with Crippen molar-refractivity contribution in [3.05, 3.63) is 47.7 Å². The van der Waals surface area contributed by atoms with Crippen molar-refractivity contribution in [2.45, 2.75) is 22.6 Å². The van der Waals surface area contributed by atoms with Crippen molar-refractivity contribution in [3.63, 3.8) is 0 Å². The van der Waals surface area contributed by atoms with Gasteiger partial charge in [0, 0.05) is 37.1 Å². The summed E-state index contributed by atoms with van der Waals surface area (Å²) >= 11 is 5.92. The first-order valence-electron chi connectivity index (χ1n) is 8.97. The lowest BCUT2D eigenvalue weighted by atomic mass is 9.99. The van der Waals surface area contributed by atoms with Crippen LogP contribution in [-0.4, -0.2) is 52.9 Å². The Kier molecular flexibility index (Phi) is 6.79. The summed E-state index contributed by atoms with van der Waals surface area (Å²) in [5.74, 6) is 0.231. The highest BCUT2D eigenvalue weighted by atomic mass is 35.5. The summed E-state index contributed by atoms with van der Waals surface area (Å²) in [6, 6.07) is 7.49. The molecular formula is C18H22ClN3O5S2. The lowest BCUT2D eigenvalue weighted by molar-refractivity contribution is 0.274. The highest BCUT2D eigenvalue weighted by Crippen LogP contribution is 2.28. The molecule has 0 bridgehead atoms. The zero-order valence-electron chi connectivity index (χ0n) is 15.8. The van der Waals surface area contributed by atoms with Crippen LogP contribution in [0.25, 0.3) is 0 Å². The molecule has 0 unspecified atom stereocenters. The number of hydrogen-bond acceptors (Lipinski definition) is 6. The fourth-order valence-electron chi connectivity index (χ4n) is 3.17. The lowest BCUT2D eigenvalue weighted by Crippen LogP contribution is -2.41. The molecule has 0 amide bonds. The van der Waals surface area contributed by atoms with Crippen LogP contribution in [0.1, 0.15) is 12.8 Å². The van der Waals surface area contributed by atoms with E-state index in [1.54, 1.807) is 12.1 Å². The third-order valence-electron chi connectivity index (χ3n) is 4.82. The van der Waals surface area contributed by atoms with E-state index in [0.717, 1.165) is 0 Å². The van der Waals surface area contributed by atoms with Gasteiger partial charge in [-0.05, 0) is 49.1 Å². The Hall–Kier alpha value is -1.72. The first kappa shape index (κ1) is 22.0. The van der Waals surface area contributed by atoms with E-state index in [-0.39, 0.29) is 28.0 Å². The maximum absolute atomic E-state index is 12.7. The van der Waals surface area contributed by atoms with Crippen LogP contribution in [0.5, 0.6) is 5.75 Å². The quantitative estimate of drug-likeness (QED) is 0.679. The number of hydrogen-bond donors (Lipinski definition) is 1. The Morgan fingerprint density at radius 1 is 1.21 bits per heavy atom. The molecule has 1 aliphatic heterocycles. The molecule has 2 heterocycles. The summed E-state index contributed by atoms with van der Waals surface area (Å²) in [6.45, 7) is 0.854. The van der Waals surface area contributed by atoms with Gasteiger partial charge in [-0.2, -0.15) is 4.31 Å². The standard InChI is InChI=1S/C18H22ClN3O5S2/c1-27-17-5-4-15(19)11-18(17)28(23,24)21-12-14-6-9-22(10-7-14)29(25,26)16-3-2-8-20-13-16/h2-5,8,11,13-14,21H,6-7,9-10,12H2,1H3. The molecule has 1 aromatic carbocycles. The maximum Gasteiger partial charge on any atom is 0.244 e. The van der Waals surface area contributed by atoms with Crippen LogP contribution in [0.2, 0.25) is 5.02 Å². The van der Waals surface area contributed by atoms with Crippen LogP contribution >= 0.6 is 11.6 Å². The molecule has 158 valence electrons. The predicted octanol–water partition coefficient (Wildman–Crippen LogP) is 2.12. The molecule has 0 atom stereocenters. The molecule has 0 spiro atoms. The number of piperidine rings is 1. The van der Waals surface area contributed by atoms with Gasteiger partial charge < -0.3 is 4.74 Å². The van der Waals surface area contributed by atoms with Crippen molar-refractivity contribution >= 4 is 31.6 Å². The summed E-state index contributed by atoms with van der Waals surface area (Å²) in [7, 11) is -6.00. The topological polar surface area (TPSA) is 106 Å². The number of nitrogens with one attached hydrogen (secondary N) is 1. The molecule has 29 heavy (non-hydrogen) atoms. The zero-order valence-corrected chi connectivity index (χ0v) is 18.2. The highest BCUT2D eigenvalue weighted by molar-refractivity contribution is 7.89. The molecule has 3 rings (SSSR count). The number of ether oxygens (including phenoxy) is 1. The fraction of sp³-hybridized carbons (Fsp3) is 0.389. The van der Waals surface area contributed by atoms with Gasteiger partial charge in [0.15, 0.2) is 0 Å². The van der Waals surface area contributed by atoms with Crippen molar-refractivity contribution in [1.29, 1.82) is 0 Å². The number of nitrogens with zero attached hydrogens (tertiary/aromatic N) is 2. The molecule has 0 radical (unpaired) electrons. The van der Waals surface area contributed by atoms with Gasteiger partial charge in [0.25, 0.3) is 0 Å². The first-order valence-corrected chi connectivity index (χ1v) is 12.3. The van der Waals surface area contributed by atoms with Crippen molar-refractivity contribution in [2.24, 2.45) is 5.92 Å². The Morgan fingerprint density at radius 2 is 1.93 bits per heavy atom. The van der Waals surface area contributed by atoms with Gasteiger partial charge in [-0.3, -0.25) is 4.98 Å². The molecule has 1 N–H and O–H groups in total. The summed E-state index contributed by atoms with van der Waals surface area (Å²) < 4.78 is 59.7. The van der Waals surface area contributed by atoms with Crippen molar-refractivity contribution in [3.8, 4) is 5.75 Å². The summed E-state index contributed by atoms with van der Waals surface area (Å²) in [5, 5.41) is 0.292. The number of methoxy groups -OCH3 is 1. The minimum absolute atomic E-state index is 0.0234. The Morgan fingerprint density at radius 3 is 2.55 bits per heavy atom. The normalized spacial score (nSPS) is 16.6. The Balaban J connectivity index is 1.61. The van der Waals surface area contributed by atoms with E-state index >= 15 is 0 Å². The van der Waals surface area contributed by atoms with Crippen molar-refractivity contribution < 1.29 is 21.6 Å². The SMILES string of the molecule is COc1ccc(Cl)cc1S(=O)(=O)NCC1CCN(S(=O)(=O)c2cccnc2)CC1. The third kappa shape index (κ3) is 5.07. The molecule has 1 saturated heterocycles. The Bertz CT molecular complexity index is 1050. The van der Waals surface area contributed by atoms with E-state index in [4.69, 9.17) is 16.3 Å². The Labute approximate surface area is 176 Å². The van der Waals surface area contributed by atoms with Gasteiger partial charge in [-0.15, -0.1) is 0 Å². The van der Waals surface area contributed by atoms with Crippen molar-refractivity contribution in [2.75, 3.05) is 26.7 Å². The van der Waals surface area contributed by atoms with E-state index in [1.165, 1.54) is 42.0 Å². The second-order valence-corrected chi connectivity index (χ2v) is 10.8. The van der Waals surface area contributed by atoms with Crippen molar-refractivity contribution in [1.82, 2.24) is 14.0 Å². The number of benzene rings is 1. The second-order valence-electron chi connectivity index (χ2n) is 6.68. The van der Waals surface area contributed by atoms with Crippen LogP contribution in [0.3, 0.4) is 0 Å². The van der Waals surface area contributed by atoms with Gasteiger partial charge in [0.1, 0.15) is 15.5 Å². The van der Waals surface area contributed by atoms with Crippen LogP contribution in [0.15, 0.2) is 52.5 Å². The van der Waals surface area contributed by atoms with E-state index < -0.39 is 20.0 Å². The molecule has 2 aromatic rings. The van der Waals surface area contributed by atoms with E-state index in [9.17, 15) is 16.8 Å².